The first-order chi connectivity index (χ1) is 10.3. The van der Waals surface area contributed by atoms with E-state index in [2.05, 4.69) is 38.6 Å². The van der Waals surface area contributed by atoms with Gasteiger partial charge in [0.1, 0.15) is 5.65 Å². The van der Waals surface area contributed by atoms with Crippen LogP contribution in [0.5, 0.6) is 0 Å². The van der Waals surface area contributed by atoms with Crippen molar-refractivity contribution in [2.75, 3.05) is 0 Å². The normalized spacial score (nSPS) is 11.5. The van der Waals surface area contributed by atoms with E-state index >= 15 is 0 Å². The van der Waals surface area contributed by atoms with Crippen molar-refractivity contribution in [3.05, 3.63) is 54.7 Å². The topological polar surface area (TPSA) is 61.1 Å². The van der Waals surface area contributed by atoms with E-state index in [1.807, 2.05) is 30.2 Å². The molecular formula is C16H15N5. The minimum absolute atomic E-state index is 0.541. The van der Waals surface area contributed by atoms with Crippen molar-refractivity contribution in [2.24, 2.45) is 12.8 Å². The fourth-order valence-electron chi connectivity index (χ4n) is 2.79. The summed E-state index contributed by atoms with van der Waals surface area (Å²) in [6, 6.07) is 8.45. The molecule has 0 spiro atoms. The summed E-state index contributed by atoms with van der Waals surface area (Å²) in [7, 11) is 1.99. The standard InChI is InChI=1S/C16H15N5/c1-20-10-18-9-15(20)13-7-12-6-11(8-17)2-3-14(12)21-5-4-19-16(13)21/h2-7,9-10H,8,17H2,1H3. The maximum absolute atomic E-state index is 5.76. The van der Waals surface area contributed by atoms with Gasteiger partial charge in [-0.3, -0.25) is 4.40 Å². The number of pyridine rings is 1. The summed E-state index contributed by atoms with van der Waals surface area (Å²) >= 11 is 0. The van der Waals surface area contributed by atoms with Crippen LogP contribution in [0.15, 0.2) is 49.2 Å². The van der Waals surface area contributed by atoms with Gasteiger partial charge in [0.2, 0.25) is 0 Å². The summed E-state index contributed by atoms with van der Waals surface area (Å²) in [5, 5.41) is 1.15. The summed E-state index contributed by atoms with van der Waals surface area (Å²) in [4.78, 5) is 8.71. The zero-order chi connectivity index (χ0) is 14.4. The Kier molecular flexibility index (Phi) is 2.55. The Bertz CT molecular complexity index is 948. The van der Waals surface area contributed by atoms with E-state index in [0.29, 0.717) is 6.54 Å². The third kappa shape index (κ3) is 1.75. The van der Waals surface area contributed by atoms with Crippen LogP contribution in [0.1, 0.15) is 5.56 Å². The largest absolute Gasteiger partial charge is 0.334 e. The lowest BCUT2D eigenvalue weighted by atomic mass is 10.1. The van der Waals surface area contributed by atoms with Gasteiger partial charge in [0.25, 0.3) is 0 Å². The Hall–Kier alpha value is -2.66. The van der Waals surface area contributed by atoms with Gasteiger partial charge in [-0.05, 0) is 29.1 Å². The van der Waals surface area contributed by atoms with Crippen molar-refractivity contribution < 1.29 is 0 Å². The minimum atomic E-state index is 0.541. The molecule has 0 atom stereocenters. The predicted octanol–water partition coefficient (Wildman–Crippen LogP) is 2.35. The van der Waals surface area contributed by atoms with E-state index in [4.69, 9.17) is 5.73 Å². The summed E-state index contributed by atoms with van der Waals surface area (Å²) in [6.07, 6.45) is 7.48. The molecule has 0 fully saturated rings. The van der Waals surface area contributed by atoms with Crippen molar-refractivity contribution >= 4 is 16.6 Å². The first-order valence-electron chi connectivity index (χ1n) is 6.83. The fraction of sp³-hybridized carbons (Fsp3) is 0.125. The van der Waals surface area contributed by atoms with E-state index in [1.165, 1.54) is 0 Å². The zero-order valence-corrected chi connectivity index (χ0v) is 11.7. The lowest BCUT2D eigenvalue weighted by Crippen LogP contribution is -1.98. The Labute approximate surface area is 121 Å². The first kappa shape index (κ1) is 12.1. The van der Waals surface area contributed by atoms with Crippen molar-refractivity contribution in [3.63, 3.8) is 0 Å². The van der Waals surface area contributed by atoms with Gasteiger partial charge in [0, 0.05) is 31.5 Å². The molecule has 21 heavy (non-hydrogen) atoms. The predicted molar refractivity (Wildman–Crippen MR) is 82.8 cm³/mol. The maximum atomic E-state index is 5.76. The van der Waals surface area contributed by atoms with Gasteiger partial charge >= 0.3 is 0 Å². The van der Waals surface area contributed by atoms with Gasteiger partial charge in [0.05, 0.1) is 23.7 Å². The number of nitrogens with zero attached hydrogens (tertiary/aromatic N) is 4. The van der Waals surface area contributed by atoms with E-state index in [0.717, 1.165) is 33.4 Å². The molecule has 2 N–H and O–H groups in total. The van der Waals surface area contributed by atoms with Crippen LogP contribution in [0.25, 0.3) is 27.8 Å². The highest BCUT2D eigenvalue weighted by atomic mass is 15.0. The molecule has 0 aliphatic rings. The molecule has 1 aromatic carbocycles. The molecule has 104 valence electrons. The second-order valence-electron chi connectivity index (χ2n) is 5.17. The molecule has 0 bridgehead atoms. The average molecular weight is 277 g/mol. The molecule has 0 aliphatic heterocycles. The number of rotatable bonds is 2. The zero-order valence-electron chi connectivity index (χ0n) is 11.7. The molecule has 3 aromatic heterocycles. The quantitative estimate of drug-likeness (QED) is 0.612. The van der Waals surface area contributed by atoms with Crippen LogP contribution in [0.4, 0.5) is 0 Å². The number of aryl methyl sites for hydroxylation is 1. The van der Waals surface area contributed by atoms with Crippen LogP contribution < -0.4 is 5.73 Å². The van der Waals surface area contributed by atoms with Crippen LogP contribution >= 0.6 is 0 Å². The summed E-state index contributed by atoms with van der Waals surface area (Å²) in [5.41, 5.74) is 11.1. The molecule has 5 nitrogen and oxygen atoms in total. The highest BCUT2D eigenvalue weighted by molar-refractivity contribution is 5.91. The molecule has 0 saturated heterocycles. The lowest BCUT2D eigenvalue weighted by Gasteiger charge is -2.10. The third-order valence-electron chi connectivity index (χ3n) is 3.86. The van der Waals surface area contributed by atoms with Crippen LogP contribution in [-0.2, 0) is 13.6 Å². The van der Waals surface area contributed by atoms with Crippen LogP contribution in [0.3, 0.4) is 0 Å². The molecule has 4 rings (SSSR count). The molecule has 5 heteroatoms. The Morgan fingerprint density at radius 2 is 2.14 bits per heavy atom. The fourth-order valence-corrected chi connectivity index (χ4v) is 2.79. The van der Waals surface area contributed by atoms with Crippen molar-refractivity contribution in [2.45, 2.75) is 6.54 Å². The maximum Gasteiger partial charge on any atom is 0.146 e. The molecule has 0 unspecified atom stereocenters. The van der Waals surface area contributed by atoms with Crippen molar-refractivity contribution in [3.8, 4) is 11.3 Å². The summed E-state index contributed by atoms with van der Waals surface area (Å²) in [5.74, 6) is 0. The SMILES string of the molecule is Cn1cncc1-c1cc2cc(CN)ccc2n2ccnc12. The number of hydrogen-bond donors (Lipinski definition) is 1. The van der Waals surface area contributed by atoms with Gasteiger partial charge in [-0.2, -0.15) is 0 Å². The molecule has 3 heterocycles. The number of nitrogens with two attached hydrogens (primary N) is 1. The van der Waals surface area contributed by atoms with Gasteiger partial charge in [0.15, 0.2) is 0 Å². The van der Waals surface area contributed by atoms with Crippen molar-refractivity contribution in [1.29, 1.82) is 0 Å². The molecule has 0 aliphatic carbocycles. The Morgan fingerprint density at radius 1 is 1.24 bits per heavy atom. The van der Waals surface area contributed by atoms with Crippen molar-refractivity contribution in [1.82, 2.24) is 18.9 Å². The number of aromatic nitrogens is 4. The van der Waals surface area contributed by atoms with E-state index in [1.54, 1.807) is 6.33 Å². The number of imidazole rings is 2. The molecule has 0 radical (unpaired) electrons. The first-order valence-corrected chi connectivity index (χ1v) is 6.83. The monoisotopic (exact) mass is 277 g/mol. The summed E-state index contributed by atoms with van der Waals surface area (Å²) < 4.78 is 4.11. The average Bonchev–Trinajstić information content (AvgIpc) is 3.14. The molecule has 0 amide bonds. The van der Waals surface area contributed by atoms with E-state index in [-0.39, 0.29) is 0 Å². The molecule has 4 aromatic rings. The van der Waals surface area contributed by atoms with Crippen LogP contribution in [0.2, 0.25) is 0 Å². The van der Waals surface area contributed by atoms with E-state index < -0.39 is 0 Å². The third-order valence-corrected chi connectivity index (χ3v) is 3.86. The Balaban J connectivity index is 2.13. The summed E-state index contributed by atoms with van der Waals surface area (Å²) in [6.45, 7) is 0.541. The molecular weight excluding hydrogens is 262 g/mol. The molecule has 0 saturated carbocycles. The van der Waals surface area contributed by atoms with Gasteiger partial charge < -0.3 is 10.3 Å². The number of fused-ring (bicyclic) bond motifs is 3. The second-order valence-corrected chi connectivity index (χ2v) is 5.17. The van der Waals surface area contributed by atoms with Gasteiger partial charge in [-0.1, -0.05) is 6.07 Å². The highest BCUT2D eigenvalue weighted by Crippen LogP contribution is 2.28. The second kappa shape index (κ2) is 4.43. The number of benzene rings is 1. The van der Waals surface area contributed by atoms with Crippen LogP contribution in [0, 0.1) is 0 Å². The van der Waals surface area contributed by atoms with Crippen LogP contribution in [-0.4, -0.2) is 18.9 Å². The minimum Gasteiger partial charge on any atom is -0.334 e. The van der Waals surface area contributed by atoms with E-state index in [9.17, 15) is 0 Å². The van der Waals surface area contributed by atoms with Gasteiger partial charge in [-0.25, -0.2) is 9.97 Å². The van der Waals surface area contributed by atoms with Gasteiger partial charge in [-0.15, -0.1) is 0 Å². The number of hydrogen-bond acceptors (Lipinski definition) is 3. The highest BCUT2D eigenvalue weighted by Gasteiger charge is 2.12. The Morgan fingerprint density at radius 3 is 2.90 bits per heavy atom. The lowest BCUT2D eigenvalue weighted by molar-refractivity contribution is 0.921. The smallest absolute Gasteiger partial charge is 0.146 e.